The average Bonchev–Trinajstić information content (AvgIpc) is 2.70. The maximum Gasteiger partial charge on any atom is 0.255 e. The third kappa shape index (κ3) is 2.72. The van der Waals surface area contributed by atoms with Crippen LogP contribution in [-0.2, 0) is 4.79 Å². The van der Waals surface area contributed by atoms with E-state index in [0.29, 0.717) is 18.7 Å². The van der Waals surface area contributed by atoms with Crippen LogP contribution in [0.25, 0.3) is 10.9 Å². The van der Waals surface area contributed by atoms with Crippen LogP contribution >= 0.6 is 0 Å². The summed E-state index contributed by atoms with van der Waals surface area (Å²) < 4.78 is 0. The van der Waals surface area contributed by atoms with Crippen molar-refractivity contribution in [1.29, 1.82) is 0 Å². The average molecular weight is 283 g/mol. The predicted molar refractivity (Wildman–Crippen MR) is 80.0 cm³/mol. The maximum absolute atomic E-state index is 12.8. The summed E-state index contributed by atoms with van der Waals surface area (Å²) in [6, 6.07) is 9.39. The molecule has 0 bridgehead atoms. The second-order valence-corrected chi connectivity index (χ2v) is 5.26. The minimum atomic E-state index is -0.103. The smallest absolute Gasteiger partial charge is 0.255 e. The van der Waals surface area contributed by atoms with Gasteiger partial charge in [0, 0.05) is 24.2 Å². The minimum absolute atomic E-state index is 0.101. The number of benzene rings is 1. The quantitative estimate of drug-likeness (QED) is 0.863. The van der Waals surface area contributed by atoms with E-state index in [4.69, 9.17) is 0 Å². The molecule has 1 aromatic heterocycles. The Balaban J connectivity index is 2.02. The molecule has 108 valence electrons. The van der Waals surface area contributed by atoms with Crippen LogP contribution in [0, 0.1) is 6.92 Å². The highest BCUT2D eigenvalue weighted by molar-refractivity contribution is 6.07. The highest BCUT2D eigenvalue weighted by atomic mass is 16.2. The molecule has 2 aromatic rings. The molecule has 1 aliphatic rings. The van der Waals surface area contributed by atoms with Crippen molar-refractivity contribution in [1.82, 2.24) is 15.2 Å². The maximum atomic E-state index is 12.8. The molecule has 1 fully saturated rings. The second kappa shape index (κ2) is 5.52. The van der Waals surface area contributed by atoms with Crippen LogP contribution in [0.2, 0.25) is 0 Å². The van der Waals surface area contributed by atoms with Crippen molar-refractivity contribution in [2.24, 2.45) is 0 Å². The lowest BCUT2D eigenvalue weighted by Crippen LogP contribution is -2.37. The molecule has 1 saturated heterocycles. The Morgan fingerprint density at radius 3 is 3.00 bits per heavy atom. The van der Waals surface area contributed by atoms with Crippen molar-refractivity contribution in [2.45, 2.75) is 13.3 Å². The van der Waals surface area contributed by atoms with Gasteiger partial charge in [0.1, 0.15) is 0 Å². The van der Waals surface area contributed by atoms with Crippen LogP contribution in [0.5, 0.6) is 0 Å². The topological polar surface area (TPSA) is 62.3 Å². The third-order valence-electron chi connectivity index (χ3n) is 3.62. The number of amides is 2. The standard InChI is InChI=1S/C16H17N3O2/c1-11-9-13(12-5-2-3-6-14(12)18-11)16(21)19-8-4-7-17-15(20)10-19/h2-3,5-6,9H,4,7-8,10H2,1H3,(H,17,20). The molecule has 0 spiro atoms. The lowest BCUT2D eigenvalue weighted by Gasteiger charge is -2.20. The summed E-state index contributed by atoms with van der Waals surface area (Å²) in [4.78, 5) is 30.5. The van der Waals surface area contributed by atoms with Gasteiger partial charge >= 0.3 is 0 Å². The molecule has 0 aliphatic carbocycles. The van der Waals surface area contributed by atoms with E-state index in [1.165, 1.54) is 0 Å². The van der Waals surface area contributed by atoms with E-state index in [2.05, 4.69) is 10.3 Å². The molecule has 3 rings (SSSR count). The lowest BCUT2D eigenvalue weighted by atomic mass is 10.1. The Labute approximate surface area is 123 Å². The van der Waals surface area contributed by atoms with Crippen LogP contribution in [0.1, 0.15) is 22.5 Å². The van der Waals surface area contributed by atoms with Gasteiger partial charge in [-0.25, -0.2) is 0 Å². The van der Waals surface area contributed by atoms with Crippen molar-refractivity contribution in [2.75, 3.05) is 19.6 Å². The fourth-order valence-electron chi connectivity index (χ4n) is 2.63. The summed E-state index contributed by atoms with van der Waals surface area (Å²) in [5.41, 5.74) is 2.23. The zero-order valence-electron chi connectivity index (χ0n) is 11.9. The van der Waals surface area contributed by atoms with E-state index >= 15 is 0 Å². The Bertz CT molecular complexity index is 712. The number of para-hydroxylation sites is 1. The van der Waals surface area contributed by atoms with Crippen LogP contribution in [0.3, 0.4) is 0 Å². The Morgan fingerprint density at radius 1 is 1.33 bits per heavy atom. The van der Waals surface area contributed by atoms with Crippen LogP contribution in [0.15, 0.2) is 30.3 Å². The molecule has 2 amide bonds. The third-order valence-corrected chi connectivity index (χ3v) is 3.62. The second-order valence-electron chi connectivity index (χ2n) is 5.26. The van der Waals surface area contributed by atoms with Crippen LogP contribution in [-0.4, -0.2) is 41.3 Å². The van der Waals surface area contributed by atoms with Gasteiger partial charge in [0.15, 0.2) is 0 Å². The summed E-state index contributed by atoms with van der Waals surface area (Å²) in [5, 5.41) is 3.62. The van der Waals surface area contributed by atoms with E-state index < -0.39 is 0 Å². The molecule has 5 heteroatoms. The van der Waals surface area contributed by atoms with Gasteiger partial charge in [0.2, 0.25) is 5.91 Å². The Hall–Kier alpha value is -2.43. The molecule has 1 aromatic carbocycles. The highest BCUT2D eigenvalue weighted by Crippen LogP contribution is 2.20. The molecule has 0 atom stereocenters. The van der Waals surface area contributed by atoms with E-state index in [1.807, 2.05) is 31.2 Å². The van der Waals surface area contributed by atoms with E-state index in [1.54, 1.807) is 11.0 Å². The van der Waals surface area contributed by atoms with Gasteiger partial charge in [-0.1, -0.05) is 18.2 Å². The first-order valence-electron chi connectivity index (χ1n) is 7.07. The van der Waals surface area contributed by atoms with E-state index in [0.717, 1.165) is 23.0 Å². The molecule has 2 heterocycles. The van der Waals surface area contributed by atoms with Crippen molar-refractivity contribution in [3.05, 3.63) is 41.6 Å². The largest absolute Gasteiger partial charge is 0.354 e. The number of hydrogen-bond acceptors (Lipinski definition) is 3. The van der Waals surface area contributed by atoms with Gasteiger partial charge in [-0.05, 0) is 25.5 Å². The fourth-order valence-corrected chi connectivity index (χ4v) is 2.63. The van der Waals surface area contributed by atoms with Gasteiger partial charge in [0.25, 0.3) is 5.91 Å². The number of carbonyl (C=O) groups excluding carboxylic acids is 2. The lowest BCUT2D eigenvalue weighted by molar-refractivity contribution is -0.121. The van der Waals surface area contributed by atoms with Crippen LogP contribution in [0.4, 0.5) is 0 Å². The number of pyridine rings is 1. The first kappa shape index (κ1) is 13.5. The van der Waals surface area contributed by atoms with E-state index in [-0.39, 0.29) is 18.4 Å². The Kier molecular flexibility index (Phi) is 3.56. The normalized spacial score (nSPS) is 15.7. The number of nitrogens with zero attached hydrogens (tertiary/aromatic N) is 2. The SMILES string of the molecule is Cc1cc(C(=O)N2CCCNC(=O)C2)c2ccccc2n1. The monoisotopic (exact) mass is 283 g/mol. The predicted octanol–water partition coefficient (Wildman–Crippen LogP) is 1.51. The molecule has 0 saturated carbocycles. The molecule has 5 nitrogen and oxygen atoms in total. The first-order valence-corrected chi connectivity index (χ1v) is 7.07. The van der Waals surface area contributed by atoms with E-state index in [9.17, 15) is 9.59 Å². The summed E-state index contributed by atoms with van der Waals surface area (Å²) in [5.74, 6) is -0.204. The summed E-state index contributed by atoms with van der Waals surface area (Å²) in [6.45, 7) is 3.21. The number of rotatable bonds is 1. The van der Waals surface area contributed by atoms with Crippen molar-refractivity contribution in [3.8, 4) is 0 Å². The molecular weight excluding hydrogens is 266 g/mol. The number of nitrogens with one attached hydrogen (secondary N) is 1. The number of aromatic nitrogens is 1. The van der Waals surface area contributed by atoms with Crippen LogP contribution < -0.4 is 5.32 Å². The number of hydrogen-bond donors (Lipinski definition) is 1. The first-order chi connectivity index (χ1) is 10.1. The Morgan fingerprint density at radius 2 is 2.14 bits per heavy atom. The van der Waals surface area contributed by atoms with Crippen molar-refractivity contribution in [3.63, 3.8) is 0 Å². The van der Waals surface area contributed by atoms with Gasteiger partial charge in [-0.3, -0.25) is 14.6 Å². The van der Waals surface area contributed by atoms with Crippen molar-refractivity contribution >= 4 is 22.7 Å². The van der Waals surface area contributed by atoms with Gasteiger partial charge in [0.05, 0.1) is 17.6 Å². The summed E-state index contributed by atoms with van der Waals surface area (Å²) >= 11 is 0. The van der Waals surface area contributed by atoms with Gasteiger partial charge in [-0.2, -0.15) is 0 Å². The zero-order chi connectivity index (χ0) is 14.8. The molecule has 1 N–H and O–H groups in total. The highest BCUT2D eigenvalue weighted by Gasteiger charge is 2.22. The zero-order valence-corrected chi connectivity index (χ0v) is 11.9. The number of carbonyl (C=O) groups is 2. The van der Waals surface area contributed by atoms with Crippen molar-refractivity contribution < 1.29 is 9.59 Å². The summed E-state index contributed by atoms with van der Waals surface area (Å²) in [7, 11) is 0. The summed E-state index contributed by atoms with van der Waals surface area (Å²) in [6.07, 6.45) is 0.777. The number of fused-ring (bicyclic) bond motifs is 1. The minimum Gasteiger partial charge on any atom is -0.354 e. The molecule has 21 heavy (non-hydrogen) atoms. The molecule has 1 aliphatic heterocycles. The fraction of sp³-hybridized carbons (Fsp3) is 0.312. The number of aryl methyl sites for hydroxylation is 1. The van der Waals surface area contributed by atoms with Gasteiger partial charge < -0.3 is 10.2 Å². The molecule has 0 unspecified atom stereocenters. The molecular formula is C16H17N3O2. The van der Waals surface area contributed by atoms with Gasteiger partial charge in [-0.15, -0.1) is 0 Å². The molecule has 0 radical (unpaired) electrons.